The number of carbonyl (C=O) groups is 2. The van der Waals surface area contributed by atoms with Crippen LogP contribution >= 0.6 is 23.2 Å². The molecule has 5 nitrogen and oxygen atoms in total. The lowest BCUT2D eigenvalue weighted by atomic mass is 9.94. The molecule has 34 heavy (non-hydrogen) atoms. The third kappa shape index (κ3) is 3.83. The minimum absolute atomic E-state index is 0.121. The molecule has 0 aliphatic carbocycles. The van der Waals surface area contributed by atoms with Crippen LogP contribution in [0.25, 0.3) is 5.76 Å². The average Bonchev–Trinajstić information content (AvgIpc) is 3.10. The number of aryl methyl sites for hydroxylation is 1. The van der Waals surface area contributed by atoms with Gasteiger partial charge < -0.3 is 9.84 Å². The molecule has 0 saturated carbocycles. The van der Waals surface area contributed by atoms with Gasteiger partial charge in [0.25, 0.3) is 11.7 Å². The SMILES string of the molecule is O=C1C(=O)N(c2cccc(F)c2)C(c2ccc(Cl)c(Cl)c2)/C1=C(/O)c1ccc2c(c1)CCCO2. The number of anilines is 1. The molecule has 0 radical (unpaired) electrons. The fourth-order valence-corrected chi connectivity index (χ4v) is 4.69. The van der Waals surface area contributed by atoms with E-state index < -0.39 is 23.5 Å². The van der Waals surface area contributed by atoms with E-state index in [1.54, 1.807) is 30.3 Å². The van der Waals surface area contributed by atoms with Gasteiger partial charge in [-0.2, -0.15) is 0 Å². The van der Waals surface area contributed by atoms with Crippen molar-refractivity contribution in [1.29, 1.82) is 0 Å². The molecule has 8 heteroatoms. The van der Waals surface area contributed by atoms with Crippen molar-refractivity contribution in [2.45, 2.75) is 18.9 Å². The molecule has 3 aromatic rings. The zero-order chi connectivity index (χ0) is 24.0. The number of amides is 1. The monoisotopic (exact) mass is 497 g/mol. The molecule has 1 amide bonds. The van der Waals surface area contributed by atoms with Gasteiger partial charge in [-0.15, -0.1) is 0 Å². The zero-order valence-corrected chi connectivity index (χ0v) is 19.2. The molecule has 1 saturated heterocycles. The Labute approximate surface area is 205 Å². The summed E-state index contributed by atoms with van der Waals surface area (Å²) in [6.45, 7) is 0.619. The first-order valence-corrected chi connectivity index (χ1v) is 11.4. The molecule has 1 fully saturated rings. The van der Waals surface area contributed by atoms with Crippen LogP contribution in [-0.4, -0.2) is 23.4 Å². The Morgan fingerprint density at radius 2 is 1.85 bits per heavy atom. The van der Waals surface area contributed by atoms with Crippen LogP contribution in [0.5, 0.6) is 5.75 Å². The summed E-state index contributed by atoms with van der Waals surface area (Å²) < 4.78 is 19.7. The van der Waals surface area contributed by atoms with Crippen molar-refractivity contribution in [3.63, 3.8) is 0 Å². The van der Waals surface area contributed by atoms with Gasteiger partial charge >= 0.3 is 0 Å². The minimum Gasteiger partial charge on any atom is -0.507 e. The number of halogens is 3. The summed E-state index contributed by atoms with van der Waals surface area (Å²) in [5, 5.41) is 11.8. The lowest BCUT2D eigenvalue weighted by molar-refractivity contribution is -0.132. The maximum Gasteiger partial charge on any atom is 0.300 e. The summed E-state index contributed by atoms with van der Waals surface area (Å²) in [5.74, 6) is -1.94. The molecular formula is C26H18Cl2FNO4. The van der Waals surface area contributed by atoms with Gasteiger partial charge in [0.15, 0.2) is 0 Å². The predicted octanol–water partition coefficient (Wildman–Crippen LogP) is 6.08. The van der Waals surface area contributed by atoms with Crippen molar-refractivity contribution in [2.75, 3.05) is 11.5 Å². The molecule has 5 rings (SSSR count). The summed E-state index contributed by atoms with van der Waals surface area (Å²) in [6, 6.07) is 14.1. The summed E-state index contributed by atoms with van der Waals surface area (Å²) in [5.41, 5.74) is 1.79. The molecule has 0 bridgehead atoms. The average molecular weight is 498 g/mol. The molecule has 0 aromatic heterocycles. The van der Waals surface area contributed by atoms with Gasteiger partial charge in [0, 0.05) is 11.3 Å². The van der Waals surface area contributed by atoms with Crippen LogP contribution in [0, 0.1) is 5.82 Å². The normalized spacial score (nSPS) is 19.1. The second-order valence-corrected chi connectivity index (χ2v) is 8.91. The Morgan fingerprint density at radius 3 is 2.62 bits per heavy atom. The summed E-state index contributed by atoms with van der Waals surface area (Å²) in [6.07, 6.45) is 1.61. The van der Waals surface area contributed by atoms with E-state index in [0.29, 0.717) is 22.8 Å². The maximum absolute atomic E-state index is 14.0. The highest BCUT2D eigenvalue weighted by Gasteiger charge is 2.47. The van der Waals surface area contributed by atoms with Crippen molar-refractivity contribution in [1.82, 2.24) is 0 Å². The van der Waals surface area contributed by atoms with E-state index in [4.69, 9.17) is 27.9 Å². The van der Waals surface area contributed by atoms with E-state index in [1.807, 2.05) is 0 Å². The van der Waals surface area contributed by atoms with Gasteiger partial charge in [0.2, 0.25) is 0 Å². The highest BCUT2D eigenvalue weighted by molar-refractivity contribution is 6.51. The fourth-order valence-electron chi connectivity index (χ4n) is 4.39. The number of carbonyl (C=O) groups excluding carboxylic acids is 2. The number of rotatable bonds is 3. The third-order valence-electron chi connectivity index (χ3n) is 5.97. The van der Waals surface area contributed by atoms with Gasteiger partial charge in [-0.05, 0) is 72.5 Å². The number of ether oxygens (including phenoxy) is 1. The Bertz CT molecular complexity index is 1370. The Hall–Kier alpha value is -3.35. The highest BCUT2D eigenvalue weighted by atomic mass is 35.5. The van der Waals surface area contributed by atoms with E-state index in [2.05, 4.69) is 0 Å². The molecule has 2 aliphatic rings. The summed E-state index contributed by atoms with van der Waals surface area (Å²) >= 11 is 12.3. The van der Waals surface area contributed by atoms with Crippen molar-refractivity contribution in [3.05, 3.63) is 98.8 Å². The van der Waals surface area contributed by atoms with Crippen molar-refractivity contribution >= 4 is 46.3 Å². The molecule has 172 valence electrons. The Balaban J connectivity index is 1.71. The number of aliphatic hydroxyl groups is 1. The number of aliphatic hydroxyl groups excluding tert-OH is 1. The molecule has 3 aromatic carbocycles. The first kappa shape index (κ1) is 22.4. The first-order valence-electron chi connectivity index (χ1n) is 10.6. The van der Waals surface area contributed by atoms with Gasteiger partial charge in [-0.25, -0.2) is 4.39 Å². The number of nitrogens with zero attached hydrogens (tertiary/aromatic N) is 1. The summed E-state index contributed by atoms with van der Waals surface area (Å²) in [7, 11) is 0. The van der Waals surface area contributed by atoms with E-state index >= 15 is 0 Å². The predicted molar refractivity (Wildman–Crippen MR) is 128 cm³/mol. The van der Waals surface area contributed by atoms with Crippen molar-refractivity contribution < 1.29 is 23.8 Å². The number of Topliss-reactive ketones (excluding diaryl/α,β-unsaturated/α-hetero) is 1. The van der Waals surface area contributed by atoms with Crippen molar-refractivity contribution in [2.24, 2.45) is 0 Å². The number of ketones is 1. The Kier molecular flexibility index (Phi) is 5.80. The number of benzene rings is 3. The number of hydrogen-bond acceptors (Lipinski definition) is 4. The summed E-state index contributed by atoms with van der Waals surface area (Å²) in [4.78, 5) is 27.6. The van der Waals surface area contributed by atoms with Crippen LogP contribution in [0.4, 0.5) is 10.1 Å². The standard InChI is InChI=1S/C26H18Cl2FNO4/c27-19-8-6-15(12-20(19)28)23-22(24(31)16-7-9-21-14(11-16)3-2-10-34-21)25(32)26(33)30(23)18-5-1-4-17(29)13-18/h1,4-9,11-13,23,31H,2-3,10H2/b24-22-. The van der Waals surface area contributed by atoms with Crippen LogP contribution in [0.15, 0.2) is 66.2 Å². The van der Waals surface area contributed by atoms with Crippen LogP contribution in [0.2, 0.25) is 10.0 Å². The smallest absolute Gasteiger partial charge is 0.300 e. The molecule has 1 atom stereocenters. The topological polar surface area (TPSA) is 66.8 Å². The van der Waals surface area contributed by atoms with Gasteiger partial charge in [-0.1, -0.05) is 35.3 Å². The number of hydrogen-bond donors (Lipinski definition) is 1. The molecule has 1 unspecified atom stereocenters. The molecule has 1 N–H and O–H groups in total. The van der Waals surface area contributed by atoms with Crippen LogP contribution in [0.3, 0.4) is 0 Å². The van der Waals surface area contributed by atoms with Crippen LogP contribution in [-0.2, 0) is 16.0 Å². The molecular weight excluding hydrogens is 480 g/mol. The van der Waals surface area contributed by atoms with E-state index in [1.165, 1.54) is 24.3 Å². The minimum atomic E-state index is -1.04. The van der Waals surface area contributed by atoms with Gasteiger partial charge in [0.05, 0.1) is 28.3 Å². The third-order valence-corrected chi connectivity index (χ3v) is 6.71. The van der Waals surface area contributed by atoms with Crippen LogP contribution in [0.1, 0.15) is 29.2 Å². The molecule has 2 aliphatic heterocycles. The van der Waals surface area contributed by atoms with Crippen molar-refractivity contribution in [3.8, 4) is 5.75 Å². The first-order chi connectivity index (χ1) is 16.3. The molecule has 2 heterocycles. The fraction of sp³-hybridized carbons (Fsp3) is 0.154. The second-order valence-electron chi connectivity index (χ2n) is 8.10. The zero-order valence-electron chi connectivity index (χ0n) is 17.7. The molecule has 0 spiro atoms. The second kappa shape index (κ2) is 8.78. The largest absolute Gasteiger partial charge is 0.507 e. The lowest BCUT2D eigenvalue weighted by Crippen LogP contribution is -2.29. The Morgan fingerprint density at radius 1 is 1.03 bits per heavy atom. The maximum atomic E-state index is 14.0. The van der Waals surface area contributed by atoms with E-state index in [9.17, 15) is 19.1 Å². The lowest BCUT2D eigenvalue weighted by Gasteiger charge is -2.26. The van der Waals surface area contributed by atoms with E-state index in [-0.39, 0.29) is 22.0 Å². The quantitative estimate of drug-likeness (QED) is 0.270. The van der Waals surface area contributed by atoms with Crippen LogP contribution < -0.4 is 9.64 Å². The van der Waals surface area contributed by atoms with E-state index in [0.717, 1.165) is 35.1 Å². The highest BCUT2D eigenvalue weighted by Crippen LogP contribution is 2.43. The van der Waals surface area contributed by atoms with Gasteiger partial charge in [-0.3, -0.25) is 14.5 Å². The van der Waals surface area contributed by atoms with Gasteiger partial charge in [0.1, 0.15) is 17.3 Å². The number of fused-ring (bicyclic) bond motifs is 1.